The van der Waals surface area contributed by atoms with Gasteiger partial charge in [0.2, 0.25) is 0 Å². The fraction of sp³-hybridized carbons (Fsp3) is 0.154. The summed E-state index contributed by atoms with van der Waals surface area (Å²) < 4.78 is 1.13. The largest absolute Gasteiger partial charge is 0.506 e. The number of benzene rings is 1. The minimum Gasteiger partial charge on any atom is -0.506 e. The summed E-state index contributed by atoms with van der Waals surface area (Å²) in [5.74, 6) is -2.57. The van der Waals surface area contributed by atoms with Crippen molar-refractivity contribution >= 4 is 94.8 Å². The first-order valence-electron chi connectivity index (χ1n) is 5.98. The molecule has 0 radical (unpaired) electrons. The first-order chi connectivity index (χ1) is 10.6. The Balaban J connectivity index is 2.37. The SMILES string of the molecule is O=C(O)C(Cc1cc(I)c(O)c(I)c1)N1C(=O)C(Br)=C(Br)C1=O. The number of hydrogen-bond acceptors (Lipinski definition) is 4. The molecule has 0 aliphatic carbocycles. The second-order valence-corrected chi connectivity index (χ2v) is 8.48. The molecule has 1 aromatic rings. The first-order valence-corrected chi connectivity index (χ1v) is 9.72. The molecule has 6 nitrogen and oxygen atoms in total. The molecule has 1 aliphatic rings. The van der Waals surface area contributed by atoms with E-state index in [1.54, 1.807) is 12.1 Å². The summed E-state index contributed by atoms with van der Waals surface area (Å²) in [6.07, 6.45) is -0.0559. The zero-order valence-electron chi connectivity index (χ0n) is 11.0. The van der Waals surface area contributed by atoms with Crippen molar-refractivity contribution in [2.45, 2.75) is 12.5 Å². The highest BCUT2D eigenvalue weighted by molar-refractivity contribution is 14.1. The van der Waals surface area contributed by atoms with Gasteiger partial charge in [0.05, 0.1) is 7.14 Å². The molecule has 1 atom stereocenters. The number of halogens is 4. The first kappa shape index (κ1) is 19.1. The van der Waals surface area contributed by atoms with Gasteiger partial charge in [0.15, 0.2) is 0 Å². The number of carbonyl (C=O) groups excluding carboxylic acids is 2. The van der Waals surface area contributed by atoms with Gasteiger partial charge in [-0.2, -0.15) is 0 Å². The van der Waals surface area contributed by atoms with Crippen LogP contribution in [0.3, 0.4) is 0 Å². The molecule has 0 bridgehead atoms. The van der Waals surface area contributed by atoms with Crippen LogP contribution in [-0.4, -0.2) is 38.9 Å². The molecule has 1 aliphatic heterocycles. The van der Waals surface area contributed by atoms with Crippen LogP contribution in [0.15, 0.2) is 21.1 Å². The van der Waals surface area contributed by atoms with Gasteiger partial charge in [-0.15, -0.1) is 0 Å². The molecule has 0 spiro atoms. The Morgan fingerprint density at radius 3 is 1.96 bits per heavy atom. The average molecular weight is 671 g/mol. The minimum atomic E-state index is -1.34. The van der Waals surface area contributed by atoms with Gasteiger partial charge in [-0.25, -0.2) is 4.79 Å². The number of aliphatic carboxylic acids is 1. The van der Waals surface area contributed by atoms with Crippen molar-refractivity contribution in [1.82, 2.24) is 4.90 Å². The third-order valence-corrected chi connectivity index (χ3v) is 6.76. The molecule has 122 valence electrons. The highest BCUT2D eigenvalue weighted by Gasteiger charge is 2.43. The second-order valence-electron chi connectivity index (χ2n) is 4.57. The quantitative estimate of drug-likeness (QED) is 0.380. The van der Waals surface area contributed by atoms with E-state index in [0.29, 0.717) is 17.6 Å². The molecule has 1 heterocycles. The van der Waals surface area contributed by atoms with E-state index < -0.39 is 23.8 Å². The molecular formula is C13H7Br2I2NO5. The standard InChI is InChI=1S/C13H7Br2I2NO5/c14-8-9(15)12(21)18(11(8)20)7(13(22)23)3-4-1-5(16)10(19)6(17)2-4/h1-2,7,19H,3H2,(H,22,23). The van der Waals surface area contributed by atoms with Crippen LogP contribution in [-0.2, 0) is 20.8 Å². The van der Waals surface area contributed by atoms with E-state index in [0.717, 1.165) is 0 Å². The average Bonchev–Trinajstić information content (AvgIpc) is 2.66. The zero-order chi connectivity index (χ0) is 17.5. The van der Waals surface area contributed by atoms with E-state index >= 15 is 0 Å². The Labute approximate surface area is 174 Å². The lowest BCUT2D eigenvalue weighted by Gasteiger charge is -2.23. The number of phenols is 1. The summed E-state index contributed by atoms with van der Waals surface area (Å²) >= 11 is 9.82. The van der Waals surface area contributed by atoms with Crippen molar-refractivity contribution in [3.8, 4) is 5.75 Å². The smallest absolute Gasteiger partial charge is 0.327 e. The van der Waals surface area contributed by atoms with Crippen LogP contribution in [0.4, 0.5) is 0 Å². The number of carboxylic acids is 1. The Bertz CT molecular complexity index is 718. The zero-order valence-corrected chi connectivity index (χ0v) is 18.5. The maximum atomic E-state index is 12.1. The normalized spacial score (nSPS) is 16.3. The molecule has 0 saturated heterocycles. The van der Waals surface area contributed by atoms with Crippen LogP contribution in [0, 0.1) is 7.14 Å². The van der Waals surface area contributed by atoms with Crippen molar-refractivity contribution in [3.63, 3.8) is 0 Å². The fourth-order valence-electron chi connectivity index (χ4n) is 2.02. The van der Waals surface area contributed by atoms with Crippen LogP contribution in [0.2, 0.25) is 0 Å². The lowest BCUT2D eigenvalue weighted by molar-refractivity contribution is -0.153. The van der Waals surface area contributed by atoms with Gasteiger partial charge in [0, 0.05) is 6.42 Å². The van der Waals surface area contributed by atoms with Crippen molar-refractivity contribution in [2.24, 2.45) is 0 Å². The number of carbonyl (C=O) groups is 3. The van der Waals surface area contributed by atoms with Crippen LogP contribution in [0.1, 0.15) is 5.56 Å². The van der Waals surface area contributed by atoms with Gasteiger partial charge in [-0.3, -0.25) is 14.5 Å². The molecule has 1 unspecified atom stereocenters. The van der Waals surface area contributed by atoms with Gasteiger partial charge < -0.3 is 10.2 Å². The van der Waals surface area contributed by atoms with E-state index in [-0.39, 0.29) is 21.1 Å². The van der Waals surface area contributed by atoms with Gasteiger partial charge in [0.1, 0.15) is 20.8 Å². The summed E-state index contributed by atoms with van der Waals surface area (Å²) in [6, 6.07) is 1.90. The van der Waals surface area contributed by atoms with Gasteiger partial charge in [-0.05, 0) is 94.7 Å². The van der Waals surface area contributed by atoms with E-state index in [2.05, 4.69) is 31.9 Å². The Morgan fingerprint density at radius 2 is 1.57 bits per heavy atom. The molecule has 2 N–H and O–H groups in total. The summed E-state index contributed by atoms with van der Waals surface area (Å²) in [4.78, 5) is 36.5. The third-order valence-electron chi connectivity index (χ3n) is 3.11. The molecule has 1 aromatic carbocycles. The topological polar surface area (TPSA) is 94.9 Å². The van der Waals surface area contributed by atoms with Crippen LogP contribution in [0.5, 0.6) is 5.75 Å². The molecule has 10 heteroatoms. The molecule has 2 rings (SSSR count). The predicted molar refractivity (Wildman–Crippen MR) is 105 cm³/mol. The third kappa shape index (κ3) is 3.74. The number of hydrogen-bond donors (Lipinski definition) is 2. The fourth-order valence-corrected chi connectivity index (χ4v) is 4.64. The number of phenolic OH excluding ortho intramolecular Hbond substituents is 1. The number of imide groups is 1. The van der Waals surface area contributed by atoms with E-state index in [9.17, 15) is 24.6 Å². The Hall–Kier alpha value is -0.210. The van der Waals surface area contributed by atoms with Gasteiger partial charge in [0.25, 0.3) is 11.8 Å². The maximum Gasteiger partial charge on any atom is 0.327 e. The summed E-state index contributed by atoms with van der Waals surface area (Å²) in [5.41, 5.74) is 0.601. The molecule has 2 amide bonds. The maximum absolute atomic E-state index is 12.1. The van der Waals surface area contributed by atoms with Crippen molar-refractivity contribution in [1.29, 1.82) is 0 Å². The van der Waals surface area contributed by atoms with Crippen molar-refractivity contribution in [2.75, 3.05) is 0 Å². The van der Waals surface area contributed by atoms with Gasteiger partial charge >= 0.3 is 5.97 Å². The molecule has 0 aromatic heterocycles. The highest BCUT2D eigenvalue weighted by atomic mass is 127. The van der Waals surface area contributed by atoms with Crippen LogP contribution >= 0.6 is 77.0 Å². The Morgan fingerprint density at radius 1 is 1.13 bits per heavy atom. The number of nitrogens with zero attached hydrogens (tertiary/aromatic N) is 1. The van der Waals surface area contributed by atoms with E-state index in [1.807, 2.05) is 45.2 Å². The van der Waals surface area contributed by atoms with Crippen LogP contribution < -0.4 is 0 Å². The number of rotatable bonds is 4. The second kappa shape index (κ2) is 7.35. The summed E-state index contributed by atoms with van der Waals surface area (Å²) in [6.45, 7) is 0. The number of carboxylic acid groups (broad SMARTS) is 1. The van der Waals surface area contributed by atoms with E-state index in [1.165, 1.54) is 0 Å². The molecule has 0 saturated carbocycles. The monoisotopic (exact) mass is 669 g/mol. The van der Waals surface area contributed by atoms with Gasteiger partial charge in [-0.1, -0.05) is 0 Å². The summed E-state index contributed by atoms with van der Waals surface area (Å²) in [7, 11) is 0. The molecule has 0 fully saturated rings. The number of aromatic hydroxyl groups is 1. The van der Waals surface area contributed by atoms with Crippen LogP contribution in [0.25, 0.3) is 0 Å². The highest BCUT2D eigenvalue weighted by Crippen LogP contribution is 2.33. The lowest BCUT2D eigenvalue weighted by atomic mass is 10.0. The Kier molecular flexibility index (Phi) is 6.11. The summed E-state index contributed by atoms with van der Waals surface area (Å²) in [5, 5.41) is 19.2. The molecular weight excluding hydrogens is 664 g/mol. The minimum absolute atomic E-state index is 0.00335. The predicted octanol–water partition coefficient (Wildman–Crippen LogP) is 2.97. The molecule has 23 heavy (non-hydrogen) atoms. The lowest BCUT2D eigenvalue weighted by Crippen LogP contribution is -2.46. The van der Waals surface area contributed by atoms with Crippen molar-refractivity contribution < 1.29 is 24.6 Å². The number of amides is 2. The van der Waals surface area contributed by atoms with E-state index in [4.69, 9.17) is 0 Å². The van der Waals surface area contributed by atoms with Crippen molar-refractivity contribution in [3.05, 3.63) is 33.8 Å².